The molecule has 2 heterocycles. The molecule has 1 aliphatic rings. The van der Waals surface area contributed by atoms with Gasteiger partial charge in [0.05, 0.1) is 19.2 Å². The largest absolute Gasteiger partial charge is 0.492 e. The number of nitrogens with zero attached hydrogens (tertiary/aromatic N) is 2. The van der Waals surface area contributed by atoms with Gasteiger partial charge in [0.2, 0.25) is 0 Å². The highest BCUT2D eigenvalue weighted by Gasteiger charge is 2.24. The number of hydrogen-bond donors (Lipinski definition) is 3. The van der Waals surface area contributed by atoms with Crippen LogP contribution in [0.5, 0.6) is 5.75 Å². The van der Waals surface area contributed by atoms with Gasteiger partial charge in [-0.15, -0.1) is 0 Å². The zero-order valence-electron chi connectivity index (χ0n) is 14.8. The van der Waals surface area contributed by atoms with Crippen LogP contribution in [0, 0.1) is 13.8 Å². The zero-order chi connectivity index (χ0) is 18.7. The molecule has 0 saturated carbocycles. The number of carbonyl (C=O) groups is 2. The summed E-state index contributed by atoms with van der Waals surface area (Å²) in [6.45, 7) is 5.01. The average Bonchev–Trinajstić information content (AvgIpc) is 2.98. The molecule has 26 heavy (non-hydrogen) atoms. The molecular weight excluding hydrogens is 336 g/mol. The number of benzene rings is 1. The van der Waals surface area contributed by atoms with Gasteiger partial charge in [-0.2, -0.15) is 5.10 Å². The summed E-state index contributed by atoms with van der Waals surface area (Å²) in [6, 6.07) is 7.25. The minimum atomic E-state index is -0.734. The second-order valence-corrected chi connectivity index (χ2v) is 6.31. The van der Waals surface area contributed by atoms with Gasteiger partial charge >= 0.3 is 0 Å². The Balaban J connectivity index is 1.54. The normalized spacial score (nSPS) is 16.4. The van der Waals surface area contributed by atoms with Crippen molar-refractivity contribution in [2.45, 2.75) is 26.5 Å². The van der Waals surface area contributed by atoms with Crippen molar-refractivity contribution in [3.8, 4) is 5.75 Å². The number of aliphatic hydroxyl groups excluding tert-OH is 1. The van der Waals surface area contributed by atoms with Crippen molar-refractivity contribution in [3.05, 3.63) is 46.8 Å². The summed E-state index contributed by atoms with van der Waals surface area (Å²) < 4.78 is 6.97. The van der Waals surface area contributed by atoms with E-state index in [0.717, 1.165) is 11.3 Å². The van der Waals surface area contributed by atoms with Crippen LogP contribution in [0.25, 0.3) is 0 Å². The van der Waals surface area contributed by atoms with E-state index in [1.54, 1.807) is 0 Å². The van der Waals surface area contributed by atoms with Gasteiger partial charge in [0.1, 0.15) is 18.1 Å². The lowest BCUT2D eigenvalue weighted by Crippen LogP contribution is -2.30. The lowest BCUT2D eigenvalue weighted by molar-refractivity contribution is 0.0931. The molecule has 0 aliphatic carbocycles. The quantitative estimate of drug-likeness (QED) is 0.672. The summed E-state index contributed by atoms with van der Waals surface area (Å²) in [6.07, 6.45) is -0.734. The van der Waals surface area contributed by atoms with E-state index in [1.165, 1.54) is 16.3 Å². The van der Waals surface area contributed by atoms with Crippen molar-refractivity contribution in [1.82, 2.24) is 20.4 Å². The minimum absolute atomic E-state index is 0.135. The van der Waals surface area contributed by atoms with Crippen molar-refractivity contribution in [2.24, 2.45) is 0 Å². The number of hydrogen-bond acceptors (Lipinski definition) is 5. The molecule has 0 saturated heterocycles. The van der Waals surface area contributed by atoms with E-state index in [0.29, 0.717) is 13.2 Å². The molecule has 0 fully saturated rings. The number of aryl methyl sites for hydroxylation is 2. The summed E-state index contributed by atoms with van der Waals surface area (Å²) in [5, 5.41) is 19.1. The maximum absolute atomic E-state index is 12.2. The van der Waals surface area contributed by atoms with Crippen LogP contribution in [-0.2, 0) is 6.54 Å². The molecule has 8 heteroatoms. The topological polar surface area (TPSA) is 105 Å². The zero-order valence-corrected chi connectivity index (χ0v) is 14.8. The van der Waals surface area contributed by atoms with Crippen LogP contribution in [-0.4, -0.2) is 52.5 Å². The number of aliphatic hydroxyl groups is 1. The predicted molar refractivity (Wildman–Crippen MR) is 94.3 cm³/mol. The Hall–Kier alpha value is -2.87. The Bertz CT molecular complexity index is 831. The molecule has 138 valence electrons. The molecule has 1 aliphatic heterocycles. The molecule has 1 atom stereocenters. The molecule has 3 rings (SSSR count). The van der Waals surface area contributed by atoms with Crippen molar-refractivity contribution in [2.75, 3.05) is 19.7 Å². The third-order valence-corrected chi connectivity index (χ3v) is 4.26. The third kappa shape index (κ3) is 4.02. The first kappa shape index (κ1) is 17.9. The first-order chi connectivity index (χ1) is 12.4. The fourth-order valence-electron chi connectivity index (χ4n) is 2.64. The Morgan fingerprint density at radius 1 is 1.38 bits per heavy atom. The van der Waals surface area contributed by atoms with Gasteiger partial charge in [-0.1, -0.05) is 6.07 Å². The maximum atomic E-state index is 12.2. The lowest BCUT2D eigenvalue weighted by Gasteiger charge is -2.09. The molecule has 1 aromatic heterocycles. The van der Waals surface area contributed by atoms with Gasteiger partial charge in [-0.05, 0) is 37.1 Å². The van der Waals surface area contributed by atoms with Crippen LogP contribution in [0.3, 0.4) is 0 Å². The standard InChI is InChI=1S/C18H22N4O4/c1-11-3-4-14(7-12(11)2)26-6-5-19-17(24)15-8-16-18(25)20-9-13(23)10-22(16)21-15/h3-4,7-8,13,23H,5-6,9-10H2,1-2H3,(H,19,24)(H,20,25). The van der Waals surface area contributed by atoms with E-state index in [9.17, 15) is 14.7 Å². The molecule has 2 aromatic rings. The summed E-state index contributed by atoms with van der Waals surface area (Å²) in [4.78, 5) is 24.1. The molecule has 0 spiro atoms. The van der Waals surface area contributed by atoms with E-state index in [2.05, 4.69) is 15.7 Å². The Kier molecular flexibility index (Phi) is 5.22. The van der Waals surface area contributed by atoms with E-state index in [4.69, 9.17) is 4.74 Å². The van der Waals surface area contributed by atoms with Crippen LogP contribution in [0.4, 0.5) is 0 Å². The fraction of sp³-hybridized carbons (Fsp3) is 0.389. The molecule has 2 amide bonds. The first-order valence-electron chi connectivity index (χ1n) is 8.46. The van der Waals surface area contributed by atoms with Crippen LogP contribution < -0.4 is 15.4 Å². The second kappa shape index (κ2) is 7.57. The number of β-amino-alcohol motifs (C(OH)–C–C–N with tert-alkyl or cyclic N) is 1. The van der Waals surface area contributed by atoms with E-state index < -0.39 is 12.0 Å². The van der Waals surface area contributed by atoms with Gasteiger partial charge in [-0.25, -0.2) is 0 Å². The third-order valence-electron chi connectivity index (χ3n) is 4.26. The van der Waals surface area contributed by atoms with Gasteiger partial charge in [0.25, 0.3) is 11.8 Å². The highest BCUT2D eigenvalue weighted by molar-refractivity contribution is 5.98. The molecule has 3 N–H and O–H groups in total. The Morgan fingerprint density at radius 3 is 2.96 bits per heavy atom. The second-order valence-electron chi connectivity index (χ2n) is 6.31. The Morgan fingerprint density at radius 2 is 2.19 bits per heavy atom. The SMILES string of the molecule is Cc1ccc(OCCNC(=O)c2cc3n(n2)CC(O)CNC3=O)cc1C. The highest BCUT2D eigenvalue weighted by Crippen LogP contribution is 2.16. The lowest BCUT2D eigenvalue weighted by atomic mass is 10.1. The summed E-state index contributed by atoms with van der Waals surface area (Å²) in [5.41, 5.74) is 2.74. The van der Waals surface area contributed by atoms with Gasteiger partial charge in [0.15, 0.2) is 5.69 Å². The molecule has 1 aromatic carbocycles. The monoisotopic (exact) mass is 358 g/mol. The molecule has 0 bridgehead atoms. The first-order valence-corrected chi connectivity index (χ1v) is 8.46. The van der Waals surface area contributed by atoms with E-state index in [1.807, 2.05) is 32.0 Å². The van der Waals surface area contributed by atoms with Crippen LogP contribution in [0.15, 0.2) is 24.3 Å². The number of fused-ring (bicyclic) bond motifs is 1. The van der Waals surface area contributed by atoms with Crippen molar-refractivity contribution < 1.29 is 19.4 Å². The summed E-state index contributed by atoms with van der Waals surface area (Å²) in [5.74, 6) is 0.00411. The van der Waals surface area contributed by atoms with Crippen molar-refractivity contribution in [3.63, 3.8) is 0 Å². The van der Waals surface area contributed by atoms with E-state index >= 15 is 0 Å². The van der Waals surface area contributed by atoms with Crippen LogP contribution in [0.1, 0.15) is 32.1 Å². The number of rotatable bonds is 5. The molecule has 0 radical (unpaired) electrons. The summed E-state index contributed by atoms with van der Waals surface area (Å²) in [7, 11) is 0. The van der Waals surface area contributed by atoms with Gasteiger partial charge < -0.3 is 20.5 Å². The molecular formula is C18H22N4O4. The fourth-order valence-corrected chi connectivity index (χ4v) is 2.64. The maximum Gasteiger partial charge on any atom is 0.271 e. The van der Waals surface area contributed by atoms with Gasteiger partial charge in [0, 0.05) is 12.6 Å². The van der Waals surface area contributed by atoms with Crippen LogP contribution >= 0.6 is 0 Å². The summed E-state index contributed by atoms with van der Waals surface area (Å²) >= 11 is 0. The van der Waals surface area contributed by atoms with E-state index in [-0.39, 0.29) is 30.4 Å². The smallest absolute Gasteiger partial charge is 0.271 e. The number of aromatic nitrogens is 2. The number of amides is 2. The minimum Gasteiger partial charge on any atom is -0.492 e. The predicted octanol–water partition coefficient (Wildman–Crippen LogP) is 0.413. The highest BCUT2D eigenvalue weighted by atomic mass is 16.5. The Labute approximate surface area is 151 Å². The molecule has 8 nitrogen and oxygen atoms in total. The number of ether oxygens (including phenoxy) is 1. The van der Waals surface area contributed by atoms with Crippen molar-refractivity contribution in [1.29, 1.82) is 0 Å². The number of nitrogens with one attached hydrogen (secondary N) is 2. The van der Waals surface area contributed by atoms with Crippen molar-refractivity contribution >= 4 is 11.8 Å². The molecule has 1 unspecified atom stereocenters. The number of carbonyl (C=O) groups excluding carboxylic acids is 2. The van der Waals surface area contributed by atoms with Gasteiger partial charge in [-0.3, -0.25) is 14.3 Å². The van der Waals surface area contributed by atoms with Crippen LogP contribution in [0.2, 0.25) is 0 Å². The average molecular weight is 358 g/mol.